The van der Waals surface area contributed by atoms with Gasteiger partial charge in [-0.1, -0.05) is 62.6 Å². The summed E-state index contributed by atoms with van der Waals surface area (Å²) in [5.41, 5.74) is 11.4. The topological polar surface area (TPSA) is 176 Å². The fourth-order valence-electron chi connectivity index (χ4n) is 10.4. The van der Waals surface area contributed by atoms with Gasteiger partial charge in [-0.05, 0) is 144 Å². The minimum atomic E-state index is -1.82. The summed E-state index contributed by atoms with van der Waals surface area (Å²) in [4.78, 5) is 17.9. The lowest BCUT2D eigenvalue weighted by Gasteiger charge is -2.31. The molecule has 1 saturated carbocycles. The Morgan fingerprint density at radius 1 is 1.03 bits per heavy atom. The molecule has 2 aliphatic heterocycles. The number of nitrogens with one attached hydrogen (secondary N) is 1. The number of Topliss-reactive ketones (excluding diaryl/α,β-unsaturated/α-hetero) is 1. The van der Waals surface area contributed by atoms with E-state index in [0.717, 1.165) is 71.7 Å². The molecule has 1 spiro atoms. The molecule has 9 rings (SSSR count). The maximum atomic E-state index is 13.9. The number of benzene rings is 4. The molecule has 4 unspecified atom stereocenters. The molecule has 340 valence electrons. The van der Waals surface area contributed by atoms with Crippen molar-refractivity contribution in [2.24, 2.45) is 22.6 Å². The smallest absolute Gasteiger partial charge is 0.192 e. The number of phenols is 1. The minimum Gasteiger partial charge on any atom is -0.508 e. The Labute approximate surface area is 381 Å². The number of phenolic OH excluding ortho intramolecular Hbond substituents is 1. The number of aromatic hydroxyl groups is 1. The first kappa shape index (κ1) is 45.4. The molecule has 7 N–H and O–H groups in total. The third-order valence-electron chi connectivity index (χ3n) is 13.8. The van der Waals surface area contributed by atoms with Crippen molar-refractivity contribution in [1.29, 1.82) is 0 Å². The van der Waals surface area contributed by atoms with Crippen LogP contribution < -0.4 is 20.5 Å². The average Bonchev–Trinajstić information content (AvgIpc) is 3.77. The van der Waals surface area contributed by atoms with Crippen molar-refractivity contribution < 1.29 is 39.4 Å². The SMILES string of the molecule is CN=C(N)Nc1cccc(CCCCC2C=CC(O)=CC2CC2CC(=O)CCc3ccc(OC)c(c3)OCc3c(C(O)O)cc4c(c(O)cc5c4c3C=CC5C)C3(C#CO2)CCCC3)c1. The molecule has 11 heteroatoms. The average molecular weight is 880 g/mol. The predicted molar refractivity (Wildman–Crippen MR) is 255 cm³/mol. The lowest BCUT2D eigenvalue weighted by atomic mass is 9.73. The van der Waals surface area contributed by atoms with Gasteiger partial charge in [0.2, 0.25) is 0 Å². The fraction of sp³-hybridized carbons (Fsp3) is 0.407. The maximum Gasteiger partial charge on any atom is 0.192 e. The van der Waals surface area contributed by atoms with Crippen molar-refractivity contribution in [1.82, 2.24) is 0 Å². The number of guanidine groups is 1. The molecule has 4 aromatic carbocycles. The first-order valence-corrected chi connectivity index (χ1v) is 23.0. The molecule has 65 heavy (non-hydrogen) atoms. The van der Waals surface area contributed by atoms with Crippen molar-refractivity contribution in [3.63, 3.8) is 0 Å². The third-order valence-corrected chi connectivity index (χ3v) is 13.8. The Bertz CT molecular complexity index is 2610. The molecule has 2 heterocycles. The maximum absolute atomic E-state index is 13.9. The van der Waals surface area contributed by atoms with Gasteiger partial charge in [-0.3, -0.25) is 9.79 Å². The van der Waals surface area contributed by atoms with E-state index in [1.807, 2.05) is 48.6 Å². The normalized spacial score (nSPS) is 21.6. The van der Waals surface area contributed by atoms with Gasteiger partial charge in [-0.25, -0.2) is 0 Å². The molecule has 0 amide bonds. The van der Waals surface area contributed by atoms with Crippen LogP contribution in [-0.4, -0.2) is 52.4 Å². The number of aryl methyl sites for hydroxylation is 2. The van der Waals surface area contributed by atoms with E-state index < -0.39 is 17.8 Å². The number of carbonyl (C=O) groups is 1. The second-order valence-electron chi connectivity index (χ2n) is 18.1. The minimum absolute atomic E-state index is 0.0118. The lowest BCUT2D eigenvalue weighted by Crippen LogP contribution is -2.25. The van der Waals surface area contributed by atoms with Crippen LogP contribution in [-0.2, 0) is 34.4 Å². The second-order valence-corrected chi connectivity index (χ2v) is 18.1. The molecule has 4 atom stereocenters. The van der Waals surface area contributed by atoms with Crippen molar-refractivity contribution in [2.75, 3.05) is 19.5 Å². The van der Waals surface area contributed by atoms with Gasteiger partial charge in [-0.2, -0.15) is 0 Å². The Hall–Kier alpha value is -6.22. The number of methoxy groups -OCH3 is 1. The summed E-state index contributed by atoms with van der Waals surface area (Å²) in [6.07, 6.45) is 18.7. The van der Waals surface area contributed by atoms with E-state index in [0.29, 0.717) is 54.3 Å². The molecule has 3 aliphatic carbocycles. The number of ketones is 1. The van der Waals surface area contributed by atoms with Crippen LogP contribution >= 0.6 is 0 Å². The molecular weight excluding hydrogens is 819 g/mol. The van der Waals surface area contributed by atoms with Crippen LogP contribution in [0.5, 0.6) is 17.2 Å². The number of aliphatic hydroxyl groups is 3. The highest BCUT2D eigenvalue weighted by Gasteiger charge is 2.40. The van der Waals surface area contributed by atoms with Crippen LogP contribution in [0.25, 0.3) is 16.8 Å². The van der Waals surface area contributed by atoms with Gasteiger partial charge in [0.25, 0.3) is 0 Å². The molecule has 4 aromatic rings. The molecule has 0 saturated heterocycles. The largest absolute Gasteiger partial charge is 0.508 e. The van der Waals surface area contributed by atoms with Gasteiger partial charge in [0.15, 0.2) is 23.7 Å². The van der Waals surface area contributed by atoms with Gasteiger partial charge < -0.3 is 45.7 Å². The Morgan fingerprint density at radius 2 is 1.86 bits per heavy atom. The number of ether oxygens (including phenoxy) is 3. The summed E-state index contributed by atoms with van der Waals surface area (Å²) in [5, 5.41) is 49.5. The summed E-state index contributed by atoms with van der Waals surface area (Å²) in [6.45, 7) is 2.10. The molecule has 0 aromatic heterocycles. The number of nitrogens with zero attached hydrogens (tertiary/aromatic N) is 1. The number of rotatable bonds is 10. The summed E-state index contributed by atoms with van der Waals surface area (Å²) >= 11 is 0. The standard InChI is InChI=1S/C54H61N3O8/c1-33-13-19-42-46-32-65-49-26-35(15-20-48(49)63-3)14-17-40(59)29-41(28-37-27-39(58)18-16-36(37)11-5-4-9-34-10-8-12-38(25-34)57-53(55)56-2)64-24-23-54(21-6-7-22-54)51-45(30-44(46)52(61)62)50(42)43(33)31-47(51)60/h8,10,12-13,15-16,18-20,25-27,30-31,33,36-37,41,52,58,60-62H,4-7,9,11,14,17,21-22,28-29,32H2,1-3H3,(H3,55,56,57). The second kappa shape index (κ2) is 19.9. The number of allylic oxidation sites excluding steroid dienone is 4. The molecule has 11 nitrogen and oxygen atoms in total. The monoisotopic (exact) mass is 879 g/mol. The molecule has 6 bridgehead atoms. The quantitative estimate of drug-likeness (QED) is 0.0296. The van der Waals surface area contributed by atoms with Gasteiger partial charge in [0.05, 0.1) is 12.5 Å². The van der Waals surface area contributed by atoms with E-state index in [1.165, 1.54) is 5.56 Å². The van der Waals surface area contributed by atoms with Gasteiger partial charge in [-0.15, -0.1) is 0 Å². The third kappa shape index (κ3) is 10.0. The Kier molecular flexibility index (Phi) is 13.9. The van der Waals surface area contributed by atoms with Gasteiger partial charge in [0, 0.05) is 48.2 Å². The lowest BCUT2D eigenvalue weighted by molar-refractivity contribution is -0.121. The van der Waals surface area contributed by atoms with E-state index in [-0.39, 0.29) is 60.1 Å². The van der Waals surface area contributed by atoms with Crippen LogP contribution in [0.3, 0.4) is 0 Å². The number of hydrogen-bond donors (Lipinski definition) is 6. The van der Waals surface area contributed by atoms with E-state index in [4.69, 9.17) is 19.9 Å². The van der Waals surface area contributed by atoms with Crippen molar-refractivity contribution in [2.45, 2.75) is 114 Å². The zero-order chi connectivity index (χ0) is 45.7. The number of unbranched alkanes of at least 4 members (excludes halogenated alkanes) is 1. The Balaban J connectivity index is 1.13. The van der Waals surface area contributed by atoms with E-state index in [1.54, 1.807) is 26.3 Å². The number of aliphatic hydroxyl groups excluding tert-OH is 2. The van der Waals surface area contributed by atoms with Crippen molar-refractivity contribution >= 4 is 34.3 Å². The number of anilines is 1. The summed E-state index contributed by atoms with van der Waals surface area (Å²) in [5.74, 6) is 5.20. The van der Waals surface area contributed by atoms with Gasteiger partial charge >= 0.3 is 0 Å². The highest BCUT2D eigenvalue weighted by molar-refractivity contribution is 6.01. The summed E-state index contributed by atoms with van der Waals surface area (Å²) in [7, 11) is 3.22. The molecule has 5 aliphatic rings. The first-order valence-electron chi connectivity index (χ1n) is 23.0. The van der Waals surface area contributed by atoms with Crippen LogP contribution in [0.15, 0.2) is 89.7 Å². The van der Waals surface area contributed by atoms with Crippen LogP contribution in [0, 0.1) is 23.9 Å². The fourth-order valence-corrected chi connectivity index (χ4v) is 10.4. The number of hydrogen-bond acceptors (Lipinski definition) is 9. The van der Waals surface area contributed by atoms with E-state index in [2.05, 4.69) is 53.5 Å². The Morgan fingerprint density at radius 3 is 2.65 bits per heavy atom. The van der Waals surface area contributed by atoms with Gasteiger partial charge in [0.1, 0.15) is 36.1 Å². The van der Waals surface area contributed by atoms with Crippen LogP contribution in [0.1, 0.15) is 122 Å². The summed E-state index contributed by atoms with van der Waals surface area (Å²) in [6, 6.07) is 17.4. The van der Waals surface area contributed by atoms with E-state index in [9.17, 15) is 25.2 Å². The predicted octanol–water partition coefficient (Wildman–Crippen LogP) is 9.71. The zero-order valence-corrected chi connectivity index (χ0v) is 37.6. The number of aliphatic imine (C=N–C) groups is 1. The summed E-state index contributed by atoms with van der Waals surface area (Å²) < 4.78 is 18.7. The zero-order valence-electron chi connectivity index (χ0n) is 37.6. The number of carbonyl (C=O) groups excluding carboxylic acids is 1. The molecule has 0 radical (unpaired) electrons. The first-order chi connectivity index (χ1) is 31.4. The highest BCUT2D eigenvalue weighted by Crippen LogP contribution is 2.52. The molecular formula is C54H61N3O8. The molecule has 1 fully saturated rings. The van der Waals surface area contributed by atoms with E-state index >= 15 is 0 Å². The van der Waals surface area contributed by atoms with Crippen molar-refractivity contribution in [3.8, 4) is 29.3 Å². The highest BCUT2D eigenvalue weighted by atomic mass is 16.5. The van der Waals surface area contributed by atoms with Crippen LogP contribution in [0.4, 0.5) is 5.69 Å². The van der Waals surface area contributed by atoms with Crippen LogP contribution in [0.2, 0.25) is 0 Å². The number of fused-ring (bicyclic) bond motifs is 8. The van der Waals surface area contributed by atoms with Crippen molar-refractivity contribution in [3.05, 3.63) is 124 Å². The number of nitrogens with two attached hydrogens (primary N) is 1.